The molecule has 0 bridgehead atoms. The lowest BCUT2D eigenvalue weighted by Gasteiger charge is -2.11. The van der Waals surface area contributed by atoms with Crippen LogP contribution in [0.1, 0.15) is 11.3 Å². The maximum Gasteiger partial charge on any atom is 0.433 e. The minimum Gasteiger partial charge on any atom is -0.325 e. The highest BCUT2D eigenvalue weighted by Gasteiger charge is 2.34. The summed E-state index contributed by atoms with van der Waals surface area (Å²) in [4.78, 5) is 20.0. The van der Waals surface area contributed by atoms with E-state index in [1.807, 2.05) is 19.1 Å². The van der Waals surface area contributed by atoms with Gasteiger partial charge in [-0.2, -0.15) is 13.2 Å². The fourth-order valence-electron chi connectivity index (χ4n) is 2.43. The van der Waals surface area contributed by atoms with Crippen LogP contribution >= 0.6 is 27.7 Å². The molecule has 1 aromatic heterocycles. The number of hydrogen-bond acceptors (Lipinski definition) is 4. The van der Waals surface area contributed by atoms with E-state index in [1.54, 1.807) is 36.4 Å². The van der Waals surface area contributed by atoms with Crippen molar-refractivity contribution in [2.45, 2.75) is 18.3 Å². The van der Waals surface area contributed by atoms with E-state index in [-0.39, 0.29) is 22.5 Å². The summed E-state index contributed by atoms with van der Waals surface area (Å²) >= 11 is 4.14. The fourth-order valence-corrected chi connectivity index (χ4v) is 3.36. The number of carbonyl (C=O) groups is 1. The number of nitrogens with zero attached hydrogens (tertiary/aromatic N) is 2. The number of hydrogen-bond donors (Lipinski definition) is 1. The third-order valence-electron chi connectivity index (χ3n) is 3.89. The first-order valence-electron chi connectivity index (χ1n) is 8.43. The fraction of sp³-hybridized carbons (Fsp3) is 0.150. The first-order chi connectivity index (χ1) is 13.7. The first kappa shape index (κ1) is 21.3. The number of aromatic nitrogens is 2. The van der Waals surface area contributed by atoms with E-state index in [0.717, 1.165) is 27.9 Å². The molecule has 3 rings (SSSR count). The third kappa shape index (κ3) is 5.80. The van der Waals surface area contributed by atoms with Gasteiger partial charge in [-0.3, -0.25) is 4.79 Å². The zero-order valence-electron chi connectivity index (χ0n) is 15.1. The van der Waals surface area contributed by atoms with E-state index < -0.39 is 11.9 Å². The van der Waals surface area contributed by atoms with Crippen LogP contribution in [0.5, 0.6) is 0 Å². The summed E-state index contributed by atoms with van der Waals surface area (Å²) in [5.41, 5.74) is 1.15. The van der Waals surface area contributed by atoms with Crippen LogP contribution in [-0.4, -0.2) is 21.6 Å². The normalized spacial score (nSPS) is 11.3. The summed E-state index contributed by atoms with van der Waals surface area (Å²) in [6.45, 7) is 1.85. The van der Waals surface area contributed by atoms with E-state index >= 15 is 0 Å². The minimum absolute atomic E-state index is 0.113. The van der Waals surface area contributed by atoms with Gasteiger partial charge in [-0.15, -0.1) is 0 Å². The Bertz CT molecular complexity index is 1030. The molecule has 3 aromatic rings. The van der Waals surface area contributed by atoms with E-state index in [1.165, 1.54) is 0 Å². The predicted octanol–water partition coefficient (Wildman–Crippen LogP) is 5.96. The molecular formula is C20H15BrF3N3OS. The highest BCUT2D eigenvalue weighted by molar-refractivity contribution is 9.10. The molecule has 0 unspecified atom stereocenters. The third-order valence-corrected chi connectivity index (χ3v) is 5.26. The molecule has 0 aliphatic rings. The van der Waals surface area contributed by atoms with Crippen molar-refractivity contribution < 1.29 is 18.0 Å². The van der Waals surface area contributed by atoms with Crippen molar-refractivity contribution >= 4 is 39.3 Å². The van der Waals surface area contributed by atoms with Gasteiger partial charge in [-0.25, -0.2) is 9.97 Å². The molecule has 0 spiro atoms. The lowest BCUT2D eigenvalue weighted by molar-refractivity contribution is -0.141. The van der Waals surface area contributed by atoms with Gasteiger partial charge in [0.1, 0.15) is 5.69 Å². The lowest BCUT2D eigenvalue weighted by atomic mass is 10.1. The Labute approximate surface area is 178 Å². The first-order valence-corrected chi connectivity index (χ1v) is 10.2. The predicted molar refractivity (Wildman–Crippen MR) is 111 cm³/mol. The Morgan fingerprint density at radius 2 is 1.79 bits per heavy atom. The smallest absolute Gasteiger partial charge is 0.325 e. The van der Waals surface area contributed by atoms with Gasteiger partial charge in [0, 0.05) is 15.7 Å². The summed E-state index contributed by atoms with van der Waals surface area (Å²) in [6, 6.07) is 14.9. The van der Waals surface area contributed by atoms with Crippen LogP contribution in [0.15, 0.2) is 64.2 Å². The van der Waals surface area contributed by atoms with Gasteiger partial charge in [0.2, 0.25) is 5.91 Å². The van der Waals surface area contributed by atoms with Crippen LogP contribution in [0, 0.1) is 6.92 Å². The van der Waals surface area contributed by atoms with Crippen molar-refractivity contribution in [2.24, 2.45) is 0 Å². The largest absolute Gasteiger partial charge is 0.433 e. The summed E-state index contributed by atoms with van der Waals surface area (Å²) < 4.78 is 40.6. The Hall–Kier alpha value is -2.39. The molecule has 1 amide bonds. The van der Waals surface area contributed by atoms with Gasteiger partial charge in [-0.05, 0) is 36.8 Å². The van der Waals surface area contributed by atoms with Gasteiger partial charge in [-0.1, -0.05) is 58.0 Å². The Balaban J connectivity index is 1.80. The molecule has 0 aliphatic heterocycles. The van der Waals surface area contributed by atoms with Crippen LogP contribution in [0.25, 0.3) is 11.3 Å². The Kier molecular flexibility index (Phi) is 6.59. The number of alkyl halides is 3. The molecule has 0 atom stereocenters. The molecule has 0 fully saturated rings. The number of aryl methyl sites for hydroxylation is 1. The molecule has 4 nitrogen and oxygen atoms in total. The van der Waals surface area contributed by atoms with Crippen LogP contribution < -0.4 is 5.32 Å². The number of thioether (sulfide) groups is 1. The molecule has 9 heteroatoms. The highest BCUT2D eigenvalue weighted by Crippen LogP contribution is 2.32. The van der Waals surface area contributed by atoms with Gasteiger partial charge in [0.25, 0.3) is 0 Å². The summed E-state index contributed by atoms with van der Waals surface area (Å²) in [5.74, 6) is -0.467. The molecule has 0 saturated heterocycles. The lowest BCUT2D eigenvalue weighted by Crippen LogP contribution is -2.15. The Morgan fingerprint density at radius 3 is 2.45 bits per heavy atom. The highest BCUT2D eigenvalue weighted by atomic mass is 79.9. The molecule has 150 valence electrons. The van der Waals surface area contributed by atoms with E-state index in [2.05, 4.69) is 31.2 Å². The molecule has 2 aromatic carbocycles. The molecule has 1 N–H and O–H groups in total. The summed E-state index contributed by atoms with van der Waals surface area (Å²) in [5, 5.41) is 2.62. The summed E-state index contributed by atoms with van der Waals surface area (Å²) in [7, 11) is 0. The number of amides is 1. The second-order valence-electron chi connectivity index (χ2n) is 6.08. The molecule has 29 heavy (non-hydrogen) atoms. The average molecular weight is 482 g/mol. The Morgan fingerprint density at radius 1 is 1.10 bits per heavy atom. The number of rotatable bonds is 5. The number of halogens is 4. The second-order valence-corrected chi connectivity index (χ2v) is 7.94. The van der Waals surface area contributed by atoms with Crippen LogP contribution in [-0.2, 0) is 11.0 Å². The zero-order valence-corrected chi connectivity index (χ0v) is 17.5. The van der Waals surface area contributed by atoms with Crippen molar-refractivity contribution in [3.05, 3.63) is 70.3 Å². The van der Waals surface area contributed by atoms with Crippen molar-refractivity contribution in [3.63, 3.8) is 0 Å². The van der Waals surface area contributed by atoms with Crippen molar-refractivity contribution in [1.29, 1.82) is 0 Å². The quantitative estimate of drug-likeness (QED) is 0.360. The monoisotopic (exact) mass is 481 g/mol. The van der Waals surface area contributed by atoms with Gasteiger partial charge in [0.05, 0.1) is 11.4 Å². The van der Waals surface area contributed by atoms with Crippen molar-refractivity contribution in [3.8, 4) is 11.3 Å². The van der Waals surface area contributed by atoms with E-state index in [4.69, 9.17) is 0 Å². The molecule has 1 heterocycles. The number of para-hydroxylation sites is 1. The number of anilines is 1. The summed E-state index contributed by atoms with van der Waals surface area (Å²) in [6.07, 6.45) is -4.62. The molecular weight excluding hydrogens is 467 g/mol. The van der Waals surface area contributed by atoms with Crippen LogP contribution in [0.2, 0.25) is 0 Å². The molecule has 0 saturated carbocycles. The minimum atomic E-state index is -4.62. The van der Waals surface area contributed by atoms with Gasteiger partial charge < -0.3 is 5.32 Å². The second kappa shape index (κ2) is 8.96. The SMILES string of the molecule is Cc1ccccc1NC(=O)CSc1nc(-c2ccc(Br)cc2)cc(C(F)(F)F)n1. The standard InChI is InChI=1S/C20H15BrF3N3OS/c1-12-4-2-3-5-15(12)25-18(28)11-29-19-26-16(10-17(27-19)20(22,23)24)13-6-8-14(21)9-7-13/h2-10H,11H2,1H3,(H,25,28). The average Bonchev–Trinajstić information content (AvgIpc) is 2.68. The maximum absolute atomic E-state index is 13.3. The molecule has 0 radical (unpaired) electrons. The number of benzene rings is 2. The van der Waals surface area contributed by atoms with Crippen LogP contribution in [0.3, 0.4) is 0 Å². The van der Waals surface area contributed by atoms with Crippen LogP contribution in [0.4, 0.5) is 18.9 Å². The molecule has 0 aliphatic carbocycles. The number of carbonyl (C=O) groups excluding carboxylic acids is 1. The van der Waals surface area contributed by atoms with Crippen molar-refractivity contribution in [1.82, 2.24) is 9.97 Å². The van der Waals surface area contributed by atoms with Gasteiger partial charge in [0.15, 0.2) is 5.16 Å². The zero-order chi connectivity index (χ0) is 21.0. The van der Waals surface area contributed by atoms with Gasteiger partial charge >= 0.3 is 6.18 Å². The number of nitrogens with one attached hydrogen (secondary N) is 1. The van der Waals surface area contributed by atoms with E-state index in [0.29, 0.717) is 11.3 Å². The van der Waals surface area contributed by atoms with E-state index in [9.17, 15) is 18.0 Å². The maximum atomic E-state index is 13.3. The van der Waals surface area contributed by atoms with Crippen molar-refractivity contribution in [2.75, 3.05) is 11.1 Å². The topological polar surface area (TPSA) is 54.9 Å².